The summed E-state index contributed by atoms with van der Waals surface area (Å²) in [5.74, 6) is -0.0876. The zero-order valence-corrected chi connectivity index (χ0v) is 11.5. The van der Waals surface area contributed by atoms with Crippen LogP contribution >= 0.6 is 11.8 Å². The molecule has 2 heterocycles. The van der Waals surface area contributed by atoms with Crippen LogP contribution in [0.5, 0.6) is 0 Å². The van der Waals surface area contributed by atoms with E-state index in [1.807, 2.05) is 0 Å². The smallest absolute Gasteiger partial charge is 0.408 e. The monoisotopic (exact) mass is 333 g/mol. The topological polar surface area (TPSA) is 69.6 Å². The standard InChI is InChI=1S/C11H7F4N5OS/c12-6-1-2-8-7(3-6)16-9(21-8)4-22-10-17-18-19-20(10)5-11(13,14)15/h1-3H,4-5H2. The van der Waals surface area contributed by atoms with E-state index in [1.165, 1.54) is 18.2 Å². The number of aromatic nitrogens is 5. The highest BCUT2D eigenvalue weighted by atomic mass is 32.2. The molecule has 3 rings (SSSR count). The first-order valence-electron chi connectivity index (χ1n) is 5.91. The highest BCUT2D eigenvalue weighted by Gasteiger charge is 2.30. The second-order valence-electron chi connectivity index (χ2n) is 4.24. The number of oxazole rings is 1. The molecule has 11 heteroatoms. The van der Waals surface area contributed by atoms with Crippen LogP contribution in [0.4, 0.5) is 17.6 Å². The van der Waals surface area contributed by atoms with E-state index in [0.717, 1.165) is 11.8 Å². The minimum Gasteiger partial charge on any atom is -0.440 e. The van der Waals surface area contributed by atoms with Crippen molar-refractivity contribution in [2.75, 3.05) is 0 Å². The summed E-state index contributed by atoms with van der Waals surface area (Å²) < 4.78 is 56.1. The number of hydrogen-bond donors (Lipinski definition) is 0. The summed E-state index contributed by atoms with van der Waals surface area (Å²) in [5, 5.41) is 10.0. The molecule has 0 amide bonds. The lowest BCUT2D eigenvalue weighted by Gasteiger charge is -2.06. The number of nitrogens with zero attached hydrogens (tertiary/aromatic N) is 5. The first-order chi connectivity index (χ1) is 10.4. The van der Waals surface area contributed by atoms with E-state index in [-0.39, 0.29) is 16.8 Å². The van der Waals surface area contributed by atoms with Crippen LogP contribution < -0.4 is 0 Å². The van der Waals surface area contributed by atoms with Crippen LogP contribution in [-0.2, 0) is 12.3 Å². The number of fused-ring (bicyclic) bond motifs is 1. The maximum atomic E-state index is 13.0. The van der Waals surface area contributed by atoms with Crippen molar-refractivity contribution in [3.05, 3.63) is 29.9 Å². The van der Waals surface area contributed by atoms with Gasteiger partial charge in [0.25, 0.3) is 0 Å². The van der Waals surface area contributed by atoms with Crippen molar-refractivity contribution in [1.29, 1.82) is 0 Å². The molecule has 2 aromatic heterocycles. The van der Waals surface area contributed by atoms with Crippen molar-refractivity contribution in [1.82, 2.24) is 25.2 Å². The lowest BCUT2D eigenvalue weighted by Crippen LogP contribution is -2.19. The van der Waals surface area contributed by atoms with Gasteiger partial charge in [0.2, 0.25) is 11.0 Å². The van der Waals surface area contributed by atoms with Crippen molar-refractivity contribution in [2.24, 2.45) is 0 Å². The quantitative estimate of drug-likeness (QED) is 0.540. The summed E-state index contributed by atoms with van der Waals surface area (Å²) in [6.45, 7) is -1.28. The fourth-order valence-corrected chi connectivity index (χ4v) is 2.43. The fourth-order valence-electron chi connectivity index (χ4n) is 1.71. The van der Waals surface area contributed by atoms with Gasteiger partial charge in [-0.15, -0.1) is 5.10 Å². The van der Waals surface area contributed by atoms with Crippen molar-refractivity contribution < 1.29 is 22.0 Å². The number of rotatable bonds is 4. The first-order valence-corrected chi connectivity index (χ1v) is 6.90. The molecule has 22 heavy (non-hydrogen) atoms. The average Bonchev–Trinajstić information content (AvgIpc) is 3.00. The normalized spacial score (nSPS) is 12.2. The summed E-state index contributed by atoms with van der Waals surface area (Å²) in [4.78, 5) is 4.05. The van der Waals surface area contributed by atoms with Gasteiger partial charge in [-0.25, -0.2) is 14.1 Å². The zero-order chi connectivity index (χ0) is 15.7. The van der Waals surface area contributed by atoms with Gasteiger partial charge in [-0.1, -0.05) is 11.8 Å². The zero-order valence-electron chi connectivity index (χ0n) is 10.7. The van der Waals surface area contributed by atoms with Gasteiger partial charge in [-0.2, -0.15) is 13.2 Å². The lowest BCUT2D eigenvalue weighted by molar-refractivity contribution is -0.144. The van der Waals surface area contributed by atoms with Gasteiger partial charge in [-0.05, 0) is 22.6 Å². The predicted molar refractivity (Wildman–Crippen MR) is 67.4 cm³/mol. The SMILES string of the molecule is Fc1ccc2oc(CSc3nnnn3CC(F)(F)F)nc2c1. The van der Waals surface area contributed by atoms with E-state index in [9.17, 15) is 17.6 Å². The molecule has 116 valence electrons. The van der Waals surface area contributed by atoms with Crippen molar-refractivity contribution in [3.8, 4) is 0 Å². The Morgan fingerprint density at radius 3 is 2.86 bits per heavy atom. The molecular formula is C11H7F4N5OS. The van der Waals surface area contributed by atoms with Crippen LogP contribution in [0.15, 0.2) is 27.8 Å². The Kier molecular flexibility index (Phi) is 3.72. The Bertz CT molecular complexity index is 799. The van der Waals surface area contributed by atoms with Crippen LogP contribution in [0, 0.1) is 5.82 Å². The largest absolute Gasteiger partial charge is 0.440 e. The Morgan fingerprint density at radius 2 is 2.09 bits per heavy atom. The molecule has 0 atom stereocenters. The molecule has 3 aromatic rings. The highest BCUT2D eigenvalue weighted by Crippen LogP contribution is 2.25. The van der Waals surface area contributed by atoms with Crippen LogP contribution in [0.3, 0.4) is 0 Å². The van der Waals surface area contributed by atoms with Gasteiger partial charge < -0.3 is 4.42 Å². The van der Waals surface area contributed by atoms with E-state index in [2.05, 4.69) is 20.5 Å². The van der Waals surface area contributed by atoms with Crippen LogP contribution in [0.1, 0.15) is 5.89 Å². The second-order valence-corrected chi connectivity index (χ2v) is 5.19. The Hall–Kier alpha value is -2.17. The van der Waals surface area contributed by atoms with Crippen molar-refractivity contribution in [2.45, 2.75) is 23.6 Å². The van der Waals surface area contributed by atoms with Gasteiger partial charge in [0.15, 0.2) is 5.58 Å². The summed E-state index contributed by atoms with van der Waals surface area (Å²) in [6.07, 6.45) is -4.42. The minimum absolute atomic E-state index is 0.00855. The van der Waals surface area contributed by atoms with E-state index >= 15 is 0 Å². The molecule has 6 nitrogen and oxygen atoms in total. The number of alkyl halides is 3. The predicted octanol–water partition coefficient (Wildman–Crippen LogP) is 2.81. The second kappa shape index (κ2) is 5.55. The maximum absolute atomic E-state index is 13.0. The van der Waals surface area contributed by atoms with Crippen molar-refractivity contribution in [3.63, 3.8) is 0 Å². The summed E-state index contributed by atoms with van der Waals surface area (Å²) in [5.41, 5.74) is 0.734. The number of thioether (sulfide) groups is 1. The molecule has 0 radical (unpaired) electrons. The van der Waals surface area contributed by atoms with Crippen LogP contribution in [0.2, 0.25) is 0 Å². The number of benzene rings is 1. The molecule has 0 fully saturated rings. The molecular weight excluding hydrogens is 326 g/mol. The third-order valence-electron chi connectivity index (χ3n) is 2.55. The van der Waals surface area contributed by atoms with E-state index in [1.54, 1.807) is 0 Å². The van der Waals surface area contributed by atoms with Crippen LogP contribution in [0.25, 0.3) is 11.1 Å². The van der Waals surface area contributed by atoms with Crippen molar-refractivity contribution >= 4 is 22.9 Å². The van der Waals surface area contributed by atoms with E-state index < -0.39 is 18.5 Å². The number of hydrogen-bond acceptors (Lipinski definition) is 6. The molecule has 0 aliphatic heterocycles. The Balaban J connectivity index is 1.73. The first kappa shape index (κ1) is 14.8. The summed E-state index contributed by atoms with van der Waals surface area (Å²) in [6, 6.07) is 3.87. The van der Waals surface area contributed by atoms with Gasteiger partial charge in [0.05, 0.1) is 5.75 Å². The van der Waals surface area contributed by atoms with E-state index in [4.69, 9.17) is 4.42 Å². The fraction of sp³-hybridized carbons (Fsp3) is 0.273. The Morgan fingerprint density at radius 1 is 1.27 bits per heavy atom. The third kappa shape index (κ3) is 3.35. The molecule has 0 aliphatic rings. The molecule has 0 spiro atoms. The molecule has 0 aliphatic carbocycles. The molecule has 0 bridgehead atoms. The lowest BCUT2D eigenvalue weighted by atomic mass is 10.3. The van der Waals surface area contributed by atoms with Gasteiger partial charge in [-0.3, -0.25) is 0 Å². The average molecular weight is 333 g/mol. The molecule has 0 N–H and O–H groups in total. The van der Waals surface area contributed by atoms with Crippen LogP contribution in [-0.4, -0.2) is 31.4 Å². The summed E-state index contributed by atoms with van der Waals surface area (Å²) in [7, 11) is 0. The molecule has 0 unspecified atom stereocenters. The molecule has 1 aromatic carbocycles. The molecule has 0 saturated heterocycles. The van der Waals surface area contributed by atoms with Gasteiger partial charge >= 0.3 is 6.18 Å². The van der Waals surface area contributed by atoms with E-state index in [0.29, 0.717) is 15.8 Å². The number of tetrazole rings is 1. The third-order valence-corrected chi connectivity index (χ3v) is 3.49. The van der Waals surface area contributed by atoms with Gasteiger partial charge in [0, 0.05) is 6.07 Å². The highest BCUT2D eigenvalue weighted by molar-refractivity contribution is 7.98. The maximum Gasteiger partial charge on any atom is 0.408 e. The summed E-state index contributed by atoms with van der Waals surface area (Å²) >= 11 is 0.944. The van der Waals surface area contributed by atoms with Gasteiger partial charge in [0.1, 0.15) is 17.9 Å². The molecule has 0 saturated carbocycles. The Labute approximate surface area is 124 Å². The minimum atomic E-state index is -4.42. The number of halogens is 4.